The van der Waals surface area contributed by atoms with E-state index in [2.05, 4.69) is 24.8 Å². The fourth-order valence-electron chi connectivity index (χ4n) is 1.31. The third-order valence-electron chi connectivity index (χ3n) is 1.96. The number of hydrogen-bond donors (Lipinski definition) is 2. The Morgan fingerprint density at radius 2 is 1.74 bits per heavy atom. The molecule has 2 atom stereocenters. The largest absolute Gasteiger partial charge is 0.468 e. The summed E-state index contributed by atoms with van der Waals surface area (Å²) in [6.45, 7) is 9.20. The Hall–Kier alpha value is -0.870. The van der Waals surface area contributed by atoms with Crippen LogP contribution < -0.4 is 10.9 Å². The van der Waals surface area contributed by atoms with Crippen LogP contribution in [0.2, 0.25) is 0 Å². The molecule has 1 unspecified atom stereocenters. The Balaban J connectivity index is 4.43. The summed E-state index contributed by atoms with van der Waals surface area (Å²) in [5, 5.41) is -0.165. The van der Waals surface area contributed by atoms with Crippen LogP contribution >= 0.6 is 9.24 Å². The third kappa shape index (κ3) is 9.68. The van der Waals surface area contributed by atoms with Gasteiger partial charge in [0.1, 0.15) is 11.6 Å². The molecule has 19 heavy (non-hydrogen) atoms. The van der Waals surface area contributed by atoms with Gasteiger partial charge in [0.05, 0.1) is 7.11 Å². The summed E-state index contributed by atoms with van der Waals surface area (Å²) in [4.78, 5) is 23.1. The lowest BCUT2D eigenvalue weighted by Crippen LogP contribution is -2.51. The minimum absolute atomic E-state index is 0.165. The summed E-state index contributed by atoms with van der Waals surface area (Å²) < 4.78 is 9.75. The Bertz CT molecular complexity index is 321. The van der Waals surface area contributed by atoms with Gasteiger partial charge in [-0.1, -0.05) is 13.8 Å². The standard InChI is InChI=1S/C12H25N2O4P/c1-11(2,3)18-10(16)14-13-8(9(15)17-6)7-12(4,5)19/h8,13H,7,19H2,1-6H3,(H,14,16)/t8-/m0/s1. The van der Waals surface area contributed by atoms with Gasteiger partial charge in [0, 0.05) is 0 Å². The molecule has 0 aliphatic rings. The molecule has 0 aliphatic heterocycles. The number of nitrogens with one attached hydrogen (secondary N) is 2. The highest BCUT2D eigenvalue weighted by atomic mass is 31.0. The summed E-state index contributed by atoms with van der Waals surface area (Å²) in [7, 11) is 3.95. The summed E-state index contributed by atoms with van der Waals surface area (Å²) in [6.07, 6.45) is -0.150. The van der Waals surface area contributed by atoms with E-state index in [-0.39, 0.29) is 5.16 Å². The van der Waals surface area contributed by atoms with Crippen LogP contribution in [-0.2, 0) is 14.3 Å². The fourth-order valence-corrected chi connectivity index (χ4v) is 1.55. The first-order chi connectivity index (χ1) is 8.44. The first-order valence-electron chi connectivity index (χ1n) is 6.06. The summed E-state index contributed by atoms with van der Waals surface area (Å²) >= 11 is 0. The van der Waals surface area contributed by atoms with Gasteiger partial charge in [-0.2, -0.15) is 0 Å². The number of esters is 1. The minimum Gasteiger partial charge on any atom is -0.468 e. The second kappa shape index (κ2) is 7.06. The van der Waals surface area contributed by atoms with Gasteiger partial charge < -0.3 is 9.47 Å². The molecule has 7 heteroatoms. The Labute approximate surface area is 117 Å². The molecular formula is C12H25N2O4P. The van der Waals surface area contributed by atoms with Gasteiger partial charge in [0.25, 0.3) is 0 Å². The average Bonchev–Trinajstić information content (AvgIpc) is 2.19. The number of methoxy groups -OCH3 is 1. The number of amides is 1. The zero-order valence-corrected chi connectivity index (χ0v) is 13.6. The maximum absolute atomic E-state index is 11.6. The molecule has 0 radical (unpaired) electrons. The van der Waals surface area contributed by atoms with Crippen LogP contribution in [0.15, 0.2) is 0 Å². The third-order valence-corrected chi connectivity index (χ3v) is 2.20. The average molecular weight is 292 g/mol. The molecule has 0 heterocycles. The van der Waals surface area contributed by atoms with Crippen LogP contribution in [0, 0.1) is 0 Å². The lowest BCUT2D eigenvalue weighted by molar-refractivity contribution is -0.143. The van der Waals surface area contributed by atoms with E-state index in [0.717, 1.165) is 0 Å². The van der Waals surface area contributed by atoms with Crippen molar-refractivity contribution < 1.29 is 19.1 Å². The van der Waals surface area contributed by atoms with E-state index < -0.39 is 23.7 Å². The lowest BCUT2D eigenvalue weighted by Gasteiger charge is -2.26. The van der Waals surface area contributed by atoms with Gasteiger partial charge in [-0.05, 0) is 32.3 Å². The highest BCUT2D eigenvalue weighted by Gasteiger charge is 2.26. The Morgan fingerprint density at radius 1 is 1.21 bits per heavy atom. The molecule has 0 saturated heterocycles. The fraction of sp³-hybridized carbons (Fsp3) is 0.833. The van der Waals surface area contributed by atoms with Crippen LogP contribution in [-0.4, -0.2) is 36.0 Å². The van der Waals surface area contributed by atoms with Crippen molar-refractivity contribution in [3.63, 3.8) is 0 Å². The molecular weight excluding hydrogens is 267 g/mol. The highest BCUT2D eigenvalue weighted by Crippen LogP contribution is 2.22. The van der Waals surface area contributed by atoms with Gasteiger partial charge in [0.2, 0.25) is 0 Å². The van der Waals surface area contributed by atoms with Crippen molar-refractivity contribution in [3.8, 4) is 0 Å². The SMILES string of the molecule is COC(=O)[C@H](CC(C)(C)P)NNC(=O)OC(C)(C)C. The highest BCUT2D eigenvalue weighted by molar-refractivity contribution is 7.18. The van der Waals surface area contributed by atoms with Gasteiger partial charge in [-0.3, -0.25) is 10.2 Å². The van der Waals surface area contributed by atoms with Gasteiger partial charge >= 0.3 is 12.1 Å². The molecule has 0 aromatic rings. The van der Waals surface area contributed by atoms with Crippen LogP contribution in [0.25, 0.3) is 0 Å². The van der Waals surface area contributed by atoms with Gasteiger partial charge in [-0.15, -0.1) is 9.24 Å². The number of carbonyl (C=O) groups is 2. The minimum atomic E-state index is -0.636. The van der Waals surface area contributed by atoms with Crippen LogP contribution in [0.5, 0.6) is 0 Å². The predicted octanol–water partition coefficient (Wildman–Crippen LogP) is 1.60. The maximum Gasteiger partial charge on any atom is 0.422 e. The molecule has 0 spiro atoms. The topological polar surface area (TPSA) is 76.7 Å². The zero-order chi connectivity index (χ0) is 15.3. The summed E-state index contributed by atoms with van der Waals surface area (Å²) in [5.74, 6) is -0.438. The van der Waals surface area contributed by atoms with Crippen molar-refractivity contribution in [3.05, 3.63) is 0 Å². The van der Waals surface area contributed by atoms with Crippen molar-refractivity contribution in [2.24, 2.45) is 0 Å². The van der Waals surface area contributed by atoms with E-state index in [1.165, 1.54) is 7.11 Å². The van der Waals surface area contributed by atoms with E-state index in [1.54, 1.807) is 20.8 Å². The van der Waals surface area contributed by atoms with Crippen molar-refractivity contribution in [1.29, 1.82) is 0 Å². The molecule has 6 nitrogen and oxygen atoms in total. The molecule has 2 N–H and O–H groups in total. The molecule has 112 valence electrons. The maximum atomic E-state index is 11.6. The van der Waals surface area contributed by atoms with Crippen molar-refractivity contribution in [2.45, 2.75) is 57.8 Å². The number of carbonyl (C=O) groups excluding carboxylic acids is 2. The number of hydrazine groups is 1. The van der Waals surface area contributed by atoms with Gasteiger partial charge in [0.15, 0.2) is 0 Å². The second-order valence-electron chi connectivity index (χ2n) is 6.04. The molecule has 0 saturated carbocycles. The van der Waals surface area contributed by atoms with Gasteiger partial charge in [-0.25, -0.2) is 10.2 Å². The number of rotatable bonds is 5. The van der Waals surface area contributed by atoms with Crippen molar-refractivity contribution in [1.82, 2.24) is 10.9 Å². The molecule has 1 amide bonds. The van der Waals surface area contributed by atoms with E-state index in [0.29, 0.717) is 6.42 Å². The van der Waals surface area contributed by atoms with Crippen LogP contribution in [0.4, 0.5) is 4.79 Å². The normalized spacial score (nSPS) is 13.6. The first-order valence-corrected chi connectivity index (χ1v) is 6.63. The quantitative estimate of drug-likeness (QED) is 0.457. The van der Waals surface area contributed by atoms with E-state index in [4.69, 9.17) is 4.74 Å². The second-order valence-corrected chi connectivity index (χ2v) is 7.60. The number of ether oxygens (including phenoxy) is 2. The summed E-state index contributed by atoms with van der Waals surface area (Å²) in [6, 6.07) is -0.634. The van der Waals surface area contributed by atoms with E-state index in [9.17, 15) is 9.59 Å². The van der Waals surface area contributed by atoms with Crippen LogP contribution in [0.3, 0.4) is 0 Å². The first kappa shape index (κ1) is 18.1. The molecule has 0 aliphatic carbocycles. The molecule has 0 aromatic heterocycles. The molecule has 0 aromatic carbocycles. The molecule has 0 bridgehead atoms. The lowest BCUT2D eigenvalue weighted by atomic mass is 10.0. The smallest absolute Gasteiger partial charge is 0.422 e. The van der Waals surface area contributed by atoms with Crippen molar-refractivity contribution >= 4 is 21.3 Å². The van der Waals surface area contributed by atoms with Crippen LogP contribution in [0.1, 0.15) is 41.0 Å². The van der Waals surface area contributed by atoms with E-state index >= 15 is 0 Å². The number of hydrogen-bond acceptors (Lipinski definition) is 5. The summed E-state index contributed by atoms with van der Waals surface area (Å²) in [5.41, 5.74) is 4.40. The monoisotopic (exact) mass is 292 g/mol. The van der Waals surface area contributed by atoms with Crippen molar-refractivity contribution in [2.75, 3.05) is 7.11 Å². The zero-order valence-electron chi connectivity index (χ0n) is 12.5. The van der Waals surface area contributed by atoms with E-state index in [1.807, 2.05) is 13.8 Å². The molecule has 0 fully saturated rings. The molecule has 0 rings (SSSR count). The Morgan fingerprint density at radius 3 is 2.11 bits per heavy atom. The Kier molecular flexibility index (Phi) is 6.73. The predicted molar refractivity (Wildman–Crippen MR) is 76.7 cm³/mol.